The molecule has 4 aromatic rings. The zero-order valence-electron chi connectivity index (χ0n) is 24.1. The largest absolute Gasteiger partial charge is 0.493 e. The molecule has 0 fully saturated rings. The van der Waals surface area contributed by atoms with E-state index in [2.05, 4.69) is 10.6 Å². The van der Waals surface area contributed by atoms with E-state index in [1.807, 2.05) is 31.2 Å². The Kier molecular flexibility index (Phi) is 10.5. The highest BCUT2D eigenvalue weighted by atomic mass is 16.5. The summed E-state index contributed by atoms with van der Waals surface area (Å²) in [6.07, 6.45) is 4.74. The van der Waals surface area contributed by atoms with Gasteiger partial charge in [0.1, 0.15) is 11.4 Å². The summed E-state index contributed by atoms with van der Waals surface area (Å²) in [5.74, 6) is 0.506. The first-order chi connectivity index (χ1) is 20.9. The number of rotatable bonds is 12. The summed E-state index contributed by atoms with van der Waals surface area (Å²) < 4.78 is 16.3. The third-order valence-corrected chi connectivity index (χ3v) is 6.31. The molecule has 0 radical (unpaired) electrons. The number of ketones is 1. The Bertz CT molecular complexity index is 1640. The van der Waals surface area contributed by atoms with E-state index in [4.69, 9.17) is 14.2 Å². The lowest BCUT2D eigenvalue weighted by Gasteiger charge is -2.13. The topological polar surface area (TPSA) is 103 Å². The lowest BCUT2D eigenvalue weighted by Crippen LogP contribution is -2.30. The number of para-hydroxylation sites is 1. The zero-order chi connectivity index (χ0) is 30.6. The Hall–Kier alpha value is -5.63. The predicted molar refractivity (Wildman–Crippen MR) is 167 cm³/mol. The van der Waals surface area contributed by atoms with Gasteiger partial charge in [0, 0.05) is 22.4 Å². The number of hydrogen-bond acceptors (Lipinski definition) is 6. The Morgan fingerprint density at radius 1 is 0.744 bits per heavy atom. The van der Waals surface area contributed by atoms with E-state index < -0.39 is 11.8 Å². The molecule has 0 saturated heterocycles. The number of methoxy groups -OCH3 is 2. The molecule has 43 heavy (non-hydrogen) atoms. The summed E-state index contributed by atoms with van der Waals surface area (Å²) >= 11 is 0. The number of ether oxygens (including phenoxy) is 3. The van der Waals surface area contributed by atoms with Gasteiger partial charge in [0.2, 0.25) is 0 Å². The molecular weight excluding hydrogens is 544 g/mol. The van der Waals surface area contributed by atoms with Crippen molar-refractivity contribution in [3.63, 3.8) is 0 Å². The Morgan fingerprint density at radius 3 is 2.14 bits per heavy atom. The van der Waals surface area contributed by atoms with Gasteiger partial charge in [-0.1, -0.05) is 42.5 Å². The lowest BCUT2D eigenvalue weighted by atomic mass is 10.1. The van der Waals surface area contributed by atoms with Crippen molar-refractivity contribution in [3.05, 3.63) is 131 Å². The molecule has 0 unspecified atom stereocenters. The number of nitrogens with one attached hydrogen (secondary N) is 2. The lowest BCUT2D eigenvalue weighted by molar-refractivity contribution is -0.113. The highest BCUT2D eigenvalue weighted by Gasteiger charge is 2.16. The minimum Gasteiger partial charge on any atom is -0.493 e. The highest BCUT2D eigenvalue weighted by Crippen LogP contribution is 2.28. The summed E-state index contributed by atoms with van der Waals surface area (Å²) in [5.41, 5.74) is 2.70. The van der Waals surface area contributed by atoms with Crippen molar-refractivity contribution in [3.8, 4) is 17.2 Å². The number of allylic oxidation sites excluding steroid dienone is 1. The number of anilines is 1. The van der Waals surface area contributed by atoms with Crippen LogP contribution < -0.4 is 24.8 Å². The van der Waals surface area contributed by atoms with Crippen molar-refractivity contribution < 1.29 is 28.6 Å². The molecule has 0 atom stereocenters. The molecule has 218 valence electrons. The second-order valence-corrected chi connectivity index (χ2v) is 9.19. The SMILES string of the molecule is CCOc1ccccc1/C=C/C(=O)c1ccc(NC(=O)/C(=C/c2ccc(OC)c(OC)c2)NC(=O)c2ccccc2)cc1. The van der Waals surface area contributed by atoms with Crippen LogP contribution >= 0.6 is 0 Å². The number of benzene rings is 4. The maximum atomic E-state index is 13.4. The van der Waals surface area contributed by atoms with Crippen molar-refractivity contribution in [2.75, 3.05) is 26.1 Å². The van der Waals surface area contributed by atoms with Crippen molar-refractivity contribution in [2.45, 2.75) is 6.92 Å². The van der Waals surface area contributed by atoms with Crippen molar-refractivity contribution in [1.29, 1.82) is 0 Å². The number of hydrogen-bond donors (Lipinski definition) is 2. The molecule has 8 heteroatoms. The molecule has 0 aromatic heterocycles. The average Bonchev–Trinajstić information content (AvgIpc) is 3.04. The fraction of sp³-hybridized carbons (Fsp3) is 0.114. The van der Waals surface area contributed by atoms with E-state index in [9.17, 15) is 14.4 Å². The van der Waals surface area contributed by atoms with Gasteiger partial charge in [0.15, 0.2) is 17.3 Å². The van der Waals surface area contributed by atoms with Crippen molar-refractivity contribution in [1.82, 2.24) is 5.32 Å². The normalized spacial score (nSPS) is 11.1. The Labute approximate surface area is 250 Å². The second kappa shape index (κ2) is 14.8. The summed E-state index contributed by atoms with van der Waals surface area (Å²) in [7, 11) is 3.04. The standard InChI is InChI=1S/C35H32N2O6/c1-4-43-31-13-9-8-10-26(31)17-20-30(38)25-15-18-28(19-16-25)36-35(40)29(37-34(39)27-11-6-5-7-12-27)22-24-14-21-32(41-2)33(23-24)42-3/h5-23H,4H2,1-3H3,(H,36,40)(H,37,39)/b20-17+,29-22-. The molecule has 0 spiro atoms. The van der Waals surface area contributed by atoms with Crippen LogP contribution in [0.25, 0.3) is 12.2 Å². The third kappa shape index (κ3) is 8.20. The van der Waals surface area contributed by atoms with Gasteiger partial charge in [-0.3, -0.25) is 14.4 Å². The maximum Gasteiger partial charge on any atom is 0.272 e. The molecule has 2 N–H and O–H groups in total. The summed E-state index contributed by atoms with van der Waals surface area (Å²) in [4.78, 5) is 39.1. The van der Waals surface area contributed by atoms with Crippen LogP contribution in [-0.2, 0) is 4.79 Å². The van der Waals surface area contributed by atoms with Crippen LogP contribution in [0.2, 0.25) is 0 Å². The van der Waals surface area contributed by atoms with Crippen molar-refractivity contribution >= 4 is 35.4 Å². The Balaban J connectivity index is 1.53. The summed E-state index contributed by atoms with van der Waals surface area (Å²) in [5, 5.41) is 5.50. The van der Waals surface area contributed by atoms with Gasteiger partial charge < -0.3 is 24.8 Å². The van der Waals surface area contributed by atoms with E-state index in [0.717, 1.165) is 5.56 Å². The van der Waals surface area contributed by atoms with Crippen LogP contribution in [0.3, 0.4) is 0 Å². The highest BCUT2D eigenvalue weighted by molar-refractivity contribution is 6.11. The molecule has 0 aliphatic heterocycles. The quantitative estimate of drug-likeness (QED) is 0.149. The first-order valence-corrected chi connectivity index (χ1v) is 13.6. The van der Waals surface area contributed by atoms with Crippen LogP contribution in [0.5, 0.6) is 17.2 Å². The van der Waals surface area contributed by atoms with Gasteiger partial charge in [-0.15, -0.1) is 0 Å². The van der Waals surface area contributed by atoms with E-state index in [-0.39, 0.29) is 11.5 Å². The maximum absolute atomic E-state index is 13.4. The minimum atomic E-state index is -0.550. The van der Waals surface area contributed by atoms with E-state index in [1.54, 1.807) is 84.9 Å². The van der Waals surface area contributed by atoms with Crippen LogP contribution in [-0.4, -0.2) is 38.4 Å². The Morgan fingerprint density at radius 2 is 1.44 bits per heavy atom. The van der Waals surface area contributed by atoms with Crippen LogP contribution in [0.4, 0.5) is 5.69 Å². The molecular formula is C35H32N2O6. The van der Waals surface area contributed by atoms with Crippen LogP contribution in [0.15, 0.2) is 109 Å². The van der Waals surface area contributed by atoms with Gasteiger partial charge >= 0.3 is 0 Å². The number of amides is 2. The summed E-state index contributed by atoms with van der Waals surface area (Å²) in [6.45, 7) is 2.42. The van der Waals surface area contributed by atoms with Crippen molar-refractivity contribution in [2.24, 2.45) is 0 Å². The molecule has 2 amide bonds. The van der Waals surface area contributed by atoms with Gasteiger partial charge in [-0.05, 0) is 85.3 Å². The molecule has 0 aliphatic carbocycles. The first-order valence-electron chi connectivity index (χ1n) is 13.6. The molecule has 0 heterocycles. The number of carbonyl (C=O) groups is 3. The second-order valence-electron chi connectivity index (χ2n) is 9.19. The molecule has 0 aliphatic rings. The molecule has 8 nitrogen and oxygen atoms in total. The average molecular weight is 577 g/mol. The van der Waals surface area contributed by atoms with E-state index in [1.165, 1.54) is 20.3 Å². The zero-order valence-corrected chi connectivity index (χ0v) is 24.1. The molecule has 4 aromatic carbocycles. The fourth-order valence-corrected chi connectivity index (χ4v) is 4.13. The van der Waals surface area contributed by atoms with Gasteiger partial charge in [0.05, 0.1) is 20.8 Å². The van der Waals surface area contributed by atoms with E-state index >= 15 is 0 Å². The summed E-state index contributed by atoms with van der Waals surface area (Å²) in [6, 6.07) is 27.7. The van der Waals surface area contributed by atoms with Crippen LogP contribution in [0.1, 0.15) is 38.8 Å². The van der Waals surface area contributed by atoms with E-state index in [0.29, 0.717) is 46.2 Å². The van der Waals surface area contributed by atoms with Crippen LogP contribution in [0, 0.1) is 0 Å². The minimum absolute atomic E-state index is 0.0112. The predicted octanol–water partition coefficient (Wildman–Crippen LogP) is 6.41. The van der Waals surface area contributed by atoms with Gasteiger partial charge in [-0.2, -0.15) is 0 Å². The fourth-order valence-electron chi connectivity index (χ4n) is 4.13. The number of carbonyl (C=O) groups excluding carboxylic acids is 3. The third-order valence-electron chi connectivity index (χ3n) is 6.31. The smallest absolute Gasteiger partial charge is 0.272 e. The first kappa shape index (κ1) is 30.3. The molecule has 0 bridgehead atoms. The molecule has 0 saturated carbocycles. The monoisotopic (exact) mass is 576 g/mol. The van der Waals surface area contributed by atoms with Gasteiger partial charge in [0.25, 0.3) is 11.8 Å². The molecule has 4 rings (SSSR count). The van der Waals surface area contributed by atoms with Gasteiger partial charge in [-0.25, -0.2) is 0 Å².